The van der Waals surface area contributed by atoms with Crippen LogP contribution in [-0.2, 0) is 14.3 Å². The van der Waals surface area contributed by atoms with Crippen LogP contribution in [0.2, 0.25) is 0 Å². The van der Waals surface area contributed by atoms with Crippen molar-refractivity contribution in [2.45, 2.75) is 53.5 Å². The molecule has 1 fully saturated rings. The van der Waals surface area contributed by atoms with Gasteiger partial charge in [0, 0.05) is 24.3 Å². The predicted octanol–water partition coefficient (Wildman–Crippen LogP) is 4.31. The third-order valence-corrected chi connectivity index (χ3v) is 7.07. The van der Waals surface area contributed by atoms with E-state index in [2.05, 4.69) is 37.6 Å². The standard InChI is InChI=1S/C28H37N3O5/c1-8-30(9-2)14-15-31-24(20-12-10-19(11-13-20)16(3)4)22(26(33)27(31)34)25(32)21-17(5)23(28(35)36-7)29-18(21)6/h10-13,16,24,29,32H,8-9,14-15H2,1-7H3/b25-22+. The van der Waals surface area contributed by atoms with Crippen molar-refractivity contribution in [3.05, 3.63) is 63.5 Å². The Labute approximate surface area is 212 Å². The van der Waals surface area contributed by atoms with Crippen molar-refractivity contribution in [1.82, 2.24) is 14.8 Å². The molecule has 1 aromatic carbocycles. The van der Waals surface area contributed by atoms with Crippen molar-refractivity contribution < 1.29 is 24.2 Å². The van der Waals surface area contributed by atoms with E-state index in [-0.39, 0.29) is 17.0 Å². The molecule has 0 bridgehead atoms. The topological polar surface area (TPSA) is 103 Å². The number of likely N-dealkylation sites (tertiary alicyclic amines) is 1. The summed E-state index contributed by atoms with van der Waals surface area (Å²) < 4.78 is 4.84. The quantitative estimate of drug-likeness (QED) is 0.233. The SMILES string of the molecule is CCN(CC)CCN1C(=O)C(=O)/C(=C(/O)c2c(C)[nH]c(C(=O)OC)c2C)C1c1ccc(C(C)C)cc1. The lowest BCUT2D eigenvalue weighted by Crippen LogP contribution is -2.38. The van der Waals surface area contributed by atoms with Gasteiger partial charge >= 0.3 is 5.97 Å². The third kappa shape index (κ3) is 4.95. The van der Waals surface area contributed by atoms with Gasteiger partial charge in [-0.25, -0.2) is 4.79 Å². The van der Waals surface area contributed by atoms with Gasteiger partial charge in [0.05, 0.1) is 18.7 Å². The van der Waals surface area contributed by atoms with Crippen LogP contribution in [0.5, 0.6) is 0 Å². The lowest BCUT2D eigenvalue weighted by atomic mass is 9.92. The van der Waals surface area contributed by atoms with Crippen LogP contribution < -0.4 is 0 Å². The number of aromatic nitrogens is 1. The number of benzene rings is 1. The monoisotopic (exact) mass is 495 g/mol. The Morgan fingerprint density at radius 2 is 1.75 bits per heavy atom. The van der Waals surface area contributed by atoms with Gasteiger partial charge in [0.1, 0.15) is 11.5 Å². The molecule has 194 valence electrons. The second kappa shape index (κ2) is 11.1. The fourth-order valence-electron chi connectivity index (χ4n) is 4.86. The van der Waals surface area contributed by atoms with Gasteiger partial charge in [0.2, 0.25) is 0 Å². The normalized spacial score (nSPS) is 17.5. The van der Waals surface area contributed by atoms with Crippen molar-refractivity contribution in [3.8, 4) is 0 Å². The number of carbonyl (C=O) groups excluding carboxylic acids is 3. The van der Waals surface area contributed by atoms with E-state index in [1.54, 1.807) is 18.7 Å². The first-order valence-electron chi connectivity index (χ1n) is 12.5. The summed E-state index contributed by atoms with van der Waals surface area (Å²) >= 11 is 0. The van der Waals surface area contributed by atoms with Gasteiger partial charge in [-0.1, -0.05) is 52.0 Å². The number of ketones is 1. The van der Waals surface area contributed by atoms with E-state index in [1.807, 2.05) is 24.3 Å². The molecule has 0 radical (unpaired) electrons. The number of hydrogen-bond donors (Lipinski definition) is 2. The summed E-state index contributed by atoms with van der Waals surface area (Å²) in [7, 11) is 1.28. The highest BCUT2D eigenvalue weighted by molar-refractivity contribution is 6.46. The number of hydrogen-bond acceptors (Lipinski definition) is 6. The van der Waals surface area contributed by atoms with Crippen molar-refractivity contribution in [2.75, 3.05) is 33.3 Å². The van der Waals surface area contributed by atoms with Gasteiger partial charge in [-0.2, -0.15) is 0 Å². The zero-order valence-corrected chi connectivity index (χ0v) is 22.3. The van der Waals surface area contributed by atoms with Crippen LogP contribution in [0, 0.1) is 13.8 Å². The average molecular weight is 496 g/mol. The van der Waals surface area contributed by atoms with Gasteiger partial charge in [0.25, 0.3) is 11.7 Å². The van der Waals surface area contributed by atoms with E-state index >= 15 is 0 Å². The first kappa shape index (κ1) is 27.2. The maximum atomic E-state index is 13.4. The van der Waals surface area contributed by atoms with Crippen LogP contribution >= 0.6 is 0 Å². The number of methoxy groups -OCH3 is 1. The number of nitrogens with one attached hydrogen (secondary N) is 1. The highest BCUT2D eigenvalue weighted by Crippen LogP contribution is 2.41. The first-order chi connectivity index (χ1) is 17.1. The molecule has 8 nitrogen and oxygen atoms in total. The molecule has 0 aliphatic carbocycles. The summed E-state index contributed by atoms with van der Waals surface area (Å²) in [6, 6.07) is 7.08. The molecule has 1 amide bonds. The molecule has 0 spiro atoms. The highest BCUT2D eigenvalue weighted by atomic mass is 16.5. The third-order valence-electron chi connectivity index (χ3n) is 7.07. The van der Waals surface area contributed by atoms with Crippen LogP contribution in [0.4, 0.5) is 0 Å². The Kier molecular flexibility index (Phi) is 8.40. The molecule has 1 aliphatic rings. The van der Waals surface area contributed by atoms with Crippen molar-refractivity contribution in [1.29, 1.82) is 0 Å². The second-order valence-electron chi connectivity index (χ2n) is 9.46. The number of aliphatic hydroxyl groups is 1. The number of ether oxygens (including phenoxy) is 1. The molecule has 1 saturated heterocycles. The molecule has 2 aromatic rings. The van der Waals surface area contributed by atoms with Crippen LogP contribution in [0.25, 0.3) is 5.76 Å². The molecule has 36 heavy (non-hydrogen) atoms. The molecule has 2 N–H and O–H groups in total. The molecule has 0 saturated carbocycles. The molecule has 1 atom stereocenters. The summed E-state index contributed by atoms with van der Waals surface area (Å²) in [5.74, 6) is -1.91. The number of aryl methyl sites for hydroxylation is 1. The number of aliphatic hydroxyl groups excluding tert-OH is 1. The maximum absolute atomic E-state index is 13.4. The first-order valence-corrected chi connectivity index (χ1v) is 12.5. The van der Waals surface area contributed by atoms with Gasteiger partial charge < -0.3 is 24.6 Å². The second-order valence-corrected chi connectivity index (χ2v) is 9.46. The Morgan fingerprint density at radius 1 is 1.14 bits per heavy atom. The molecule has 1 unspecified atom stereocenters. The summed E-state index contributed by atoms with van der Waals surface area (Å²) in [5.41, 5.74) is 3.41. The average Bonchev–Trinajstić information content (AvgIpc) is 3.30. The number of esters is 1. The van der Waals surface area contributed by atoms with Crippen molar-refractivity contribution in [3.63, 3.8) is 0 Å². The van der Waals surface area contributed by atoms with Gasteiger partial charge in [-0.3, -0.25) is 9.59 Å². The smallest absolute Gasteiger partial charge is 0.354 e. The number of carbonyl (C=O) groups is 3. The Balaban J connectivity index is 2.18. The minimum atomic E-state index is -0.739. The molecule has 1 aliphatic heterocycles. The van der Waals surface area contributed by atoms with E-state index in [1.165, 1.54) is 7.11 Å². The van der Waals surface area contributed by atoms with E-state index < -0.39 is 23.7 Å². The zero-order valence-electron chi connectivity index (χ0n) is 22.3. The highest BCUT2D eigenvalue weighted by Gasteiger charge is 2.46. The number of H-pyrrole nitrogens is 1. The molecule has 3 rings (SSSR count). The molecule has 1 aromatic heterocycles. The molecular formula is C28H37N3O5. The number of amides is 1. The summed E-state index contributed by atoms with van der Waals surface area (Å²) in [4.78, 5) is 45.5. The number of nitrogens with zero attached hydrogens (tertiary/aromatic N) is 2. The minimum absolute atomic E-state index is 0.0264. The van der Waals surface area contributed by atoms with Crippen LogP contribution in [0.3, 0.4) is 0 Å². The zero-order chi connectivity index (χ0) is 26.7. The fraction of sp³-hybridized carbons (Fsp3) is 0.464. The lowest BCUT2D eigenvalue weighted by Gasteiger charge is -2.28. The van der Waals surface area contributed by atoms with Crippen LogP contribution in [0.15, 0.2) is 29.8 Å². The largest absolute Gasteiger partial charge is 0.507 e. The van der Waals surface area contributed by atoms with E-state index in [0.29, 0.717) is 35.8 Å². The van der Waals surface area contributed by atoms with Crippen LogP contribution in [-0.4, -0.2) is 70.8 Å². The van der Waals surface area contributed by atoms with E-state index in [4.69, 9.17) is 4.74 Å². The maximum Gasteiger partial charge on any atom is 0.354 e. The van der Waals surface area contributed by atoms with Crippen molar-refractivity contribution >= 4 is 23.4 Å². The Hall–Kier alpha value is -3.39. The Bertz CT molecular complexity index is 1170. The lowest BCUT2D eigenvalue weighted by molar-refractivity contribution is -0.140. The van der Waals surface area contributed by atoms with Gasteiger partial charge in [-0.05, 0) is 49.5 Å². The summed E-state index contributed by atoms with van der Waals surface area (Å²) in [6.07, 6.45) is 0. The van der Waals surface area contributed by atoms with Gasteiger partial charge in [0.15, 0.2) is 0 Å². The molecular weight excluding hydrogens is 458 g/mol. The summed E-state index contributed by atoms with van der Waals surface area (Å²) in [5, 5.41) is 11.5. The number of Topliss-reactive ketones (excluding diaryl/α,β-unsaturated/α-hetero) is 1. The number of likely N-dealkylation sites (N-methyl/N-ethyl adjacent to an activating group) is 1. The summed E-state index contributed by atoms with van der Waals surface area (Å²) in [6.45, 7) is 14.3. The van der Waals surface area contributed by atoms with E-state index in [9.17, 15) is 19.5 Å². The van der Waals surface area contributed by atoms with Crippen molar-refractivity contribution in [2.24, 2.45) is 0 Å². The Morgan fingerprint density at radius 3 is 2.28 bits per heavy atom. The van der Waals surface area contributed by atoms with Gasteiger partial charge in [-0.15, -0.1) is 0 Å². The number of rotatable bonds is 9. The number of aromatic amines is 1. The molecule has 2 heterocycles. The minimum Gasteiger partial charge on any atom is -0.507 e. The van der Waals surface area contributed by atoms with E-state index in [0.717, 1.165) is 24.2 Å². The fourth-order valence-corrected chi connectivity index (χ4v) is 4.86. The molecule has 8 heteroatoms. The predicted molar refractivity (Wildman–Crippen MR) is 139 cm³/mol. The van der Waals surface area contributed by atoms with Crippen LogP contribution in [0.1, 0.15) is 78.1 Å².